The van der Waals surface area contributed by atoms with Gasteiger partial charge < -0.3 is 9.30 Å². The van der Waals surface area contributed by atoms with E-state index in [1.165, 1.54) is 18.2 Å². The molecule has 39 heavy (non-hydrogen) atoms. The van der Waals surface area contributed by atoms with E-state index in [1.54, 1.807) is 24.3 Å². The molecule has 0 amide bonds. The van der Waals surface area contributed by atoms with Gasteiger partial charge in [-0.1, -0.05) is 54.6 Å². The first kappa shape index (κ1) is 26.5. The number of aryl methyl sites for hydroxylation is 1. The van der Waals surface area contributed by atoms with Crippen LogP contribution in [0.25, 0.3) is 5.69 Å². The summed E-state index contributed by atoms with van der Waals surface area (Å²) in [6.45, 7) is 3.02. The third-order valence-corrected chi connectivity index (χ3v) is 8.88. The number of benzene rings is 3. The van der Waals surface area contributed by atoms with Gasteiger partial charge in [0.05, 0.1) is 0 Å². The highest BCUT2D eigenvalue weighted by Gasteiger charge is 2.41. The number of carbonyl (C=O) groups excluding carboxylic acids is 2. The number of ether oxygens (including phenoxy) is 1. The average Bonchev–Trinajstić information content (AvgIpc) is 3.24. The minimum atomic E-state index is -4.39. The molecule has 5 rings (SSSR count). The number of nitrogens with zero attached hydrogens (tertiary/aromatic N) is 2. The summed E-state index contributed by atoms with van der Waals surface area (Å²) in [4.78, 5) is 25.9. The zero-order valence-electron chi connectivity index (χ0n) is 21.5. The summed E-state index contributed by atoms with van der Waals surface area (Å²) in [5.74, 6) is -2.18. The maximum atomic E-state index is 14.5. The molecule has 1 atom stereocenters. The van der Waals surface area contributed by atoms with Crippen molar-refractivity contribution in [3.8, 4) is 5.69 Å². The third kappa shape index (κ3) is 5.03. The lowest BCUT2D eigenvalue weighted by Gasteiger charge is -2.34. The van der Waals surface area contributed by atoms with Crippen LogP contribution in [-0.4, -0.2) is 41.7 Å². The summed E-state index contributed by atoms with van der Waals surface area (Å²) < 4.78 is 49.9. The van der Waals surface area contributed by atoms with Crippen molar-refractivity contribution in [2.75, 3.05) is 6.61 Å². The number of fused-ring (bicyclic) bond motifs is 1. The second-order valence-electron chi connectivity index (χ2n) is 9.46. The van der Waals surface area contributed by atoms with E-state index in [-0.39, 0.29) is 13.0 Å². The van der Waals surface area contributed by atoms with Gasteiger partial charge in [-0.3, -0.25) is 9.59 Å². The van der Waals surface area contributed by atoms with E-state index in [0.29, 0.717) is 16.8 Å². The van der Waals surface area contributed by atoms with Crippen LogP contribution < -0.4 is 0 Å². The summed E-state index contributed by atoms with van der Waals surface area (Å²) in [6, 6.07) is 22.3. The van der Waals surface area contributed by atoms with E-state index in [9.17, 15) is 22.4 Å². The van der Waals surface area contributed by atoms with Crippen molar-refractivity contribution in [3.05, 3.63) is 119 Å². The zero-order valence-corrected chi connectivity index (χ0v) is 22.3. The number of hydrogen-bond acceptors (Lipinski definition) is 5. The summed E-state index contributed by atoms with van der Waals surface area (Å²) in [6.07, 6.45) is 0.0411. The van der Waals surface area contributed by atoms with Gasteiger partial charge in [-0.15, -0.1) is 0 Å². The average molecular weight is 547 g/mol. The predicted octanol–water partition coefficient (Wildman–Crippen LogP) is 4.77. The summed E-state index contributed by atoms with van der Waals surface area (Å²) in [5.41, 5.74) is 4.37. The molecule has 1 aliphatic rings. The Balaban J connectivity index is 1.40. The van der Waals surface area contributed by atoms with E-state index < -0.39 is 45.1 Å². The molecule has 7 nitrogen and oxygen atoms in total. The van der Waals surface area contributed by atoms with E-state index in [1.807, 2.05) is 54.8 Å². The number of sulfonamides is 1. The van der Waals surface area contributed by atoms with Crippen LogP contribution >= 0.6 is 0 Å². The Labute approximate surface area is 226 Å². The molecule has 4 aromatic rings. The fourth-order valence-corrected chi connectivity index (χ4v) is 6.69. The summed E-state index contributed by atoms with van der Waals surface area (Å²) >= 11 is 0. The minimum absolute atomic E-state index is 0.0411. The molecule has 0 saturated carbocycles. The number of Topliss-reactive ketones (excluding diaryl/α,β-unsaturated/α-hetero) is 1. The zero-order chi connectivity index (χ0) is 27.7. The van der Waals surface area contributed by atoms with Gasteiger partial charge in [0.1, 0.15) is 16.8 Å². The molecular formula is C30H27FN2O5S. The highest BCUT2D eigenvalue weighted by atomic mass is 32.2. The Hall–Kier alpha value is -4.08. The Morgan fingerprint density at radius 2 is 1.56 bits per heavy atom. The molecule has 0 radical (unpaired) electrons. The van der Waals surface area contributed by atoms with Crippen molar-refractivity contribution in [1.82, 2.24) is 8.87 Å². The molecular weight excluding hydrogens is 519 g/mol. The van der Waals surface area contributed by atoms with Gasteiger partial charge in [-0.2, -0.15) is 4.31 Å². The number of carbonyl (C=O) groups is 2. The monoisotopic (exact) mass is 546 g/mol. The van der Waals surface area contributed by atoms with Crippen LogP contribution in [0.4, 0.5) is 4.39 Å². The molecule has 0 fully saturated rings. The first-order valence-electron chi connectivity index (χ1n) is 12.5. The Morgan fingerprint density at radius 3 is 2.28 bits per heavy atom. The molecule has 1 aliphatic heterocycles. The van der Waals surface area contributed by atoms with Crippen molar-refractivity contribution < 1.29 is 27.1 Å². The largest absolute Gasteiger partial charge is 0.456 e. The van der Waals surface area contributed by atoms with E-state index in [2.05, 4.69) is 0 Å². The van der Waals surface area contributed by atoms with E-state index in [0.717, 1.165) is 27.3 Å². The predicted molar refractivity (Wildman–Crippen MR) is 144 cm³/mol. The number of hydrogen-bond donors (Lipinski definition) is 0. The second kappa shape index (κ2) is 10.6. The van der Waals surface area contributed by atoms with Crippen molar-refractivity contribution >= 4 is 21.8 Å². The lowest BCUT2D eigenvalue weighted by molar-refractivity contribution is -0.147. The fraction of sp³-hybridized carbons (Fsp3) is 0.200. The smallest absolute Gasteiger partial charge is 0.325 e. The number of esters is 1. The van der Waals surface area contributed by atoms with Crippen LogP contribution in [0.15, 0.2) is 89.8 Å². The fourth-order valence-electron chi connectivity index (χ4n) is 5.06. The van der Waals surface area contributed by atoms with Gasteiger partial charge in [-0.05, 0) is 55.3 Å². The first-order chi connectivity index (χ1) is 18.7. The molecule has 9 heteroatoms. The van der Waals surface area contributed by atoms with E-state index >= 15 is 0 Å². The Morgan fingerprint density at radius 1 is 0.923 bits per heavy atom. The Kier molecular flexibility index (Phi) is 7.20. The lowest BCUT2D eigenvalue weighted by Crippen LogP contribution is -2.49. The molecule has 200 valence electrons. The second-order valence-corrected chi connectivity index (χ2v) is 11.3. The Bertz CT molecular complexity index is 1660. The topological polar surface area (TPSA) is 85.7 Å². The summed E-state index contributed by atoms with van der Waals surface area (Å²) in [7, 11) is -4.39. The molecule has 2 heterocycles. The maximum Gasteiger partial charge on any atom is 0.325 e. The van der Waals surface area contributed by atoms with Gasteiger partial charge in [0.25, 0.3) is 0 Å². The molecule has 0 spiro atoms. The highest BCUT2D eigenvalue weighted by Crippen LogP contribution is 2.31. The number of halogens is 1. The maximum absolute atomic E-state index is 14.5. The van der Waals surface area contributed by atoms with Crippen molar-refractivity contribution in [3.63, 3.8) is 0 Å². The van der Waals surface area contributed by atoms with Gasteiger partial charge >= 0.3 is 5.97 Å². The van der Waals surface area contributed by atoms with Crippen LogP contribution in [0.1, 0.15) is 32.9 Å². The lowest BCUT2D eigenvalue weighted by atomic mass is 9.96. The quantitative estimate of drug-likeness (QED) is 0.246. The van der Waals surface area contributed by atoms with Crippen LogP contribution in [0, 0.1) is 19.7 Å². The number of para-hydroxylation sites is 1. The summed E-state index contributed by atoms with van der Waals surface area (Å²) in [5, 5.41) is 0. The number of rotatable bonds is 7. The standard InChI is InChI=1S/C30H27FN2O5S/c1-20-16-25(21(2)33(20)24-12-4-3-5-13-24)28(34)19-38-30(35)27-17-22-10-6-7-11-23(22)18-32(27)39(36,37)29-15-9-8-14-26(29)31/h3-16,27H,17-19H2,1-2H3. The van der Waals surface area contributed by atoms with Crippen LogP contribution in [-0.2, 0) is 32.5 Å². The molecule has 0 saturated heterocycles. The molecule has 0 N–H and O–H groups in total. The minimum Gasteiger partial charge on any atom is -0.456 e. The first-order valence-corrected chi connectivity index (χ1v) is 13.9. The third-order valence-electron chi connectivity index (χ3n) is 6.99. The normalized spacial score (nSPS) is 15.5. The molecule has 0 aliphatic carbocycles. The number of aromatic nitrogens is 1. The van der Waals surface area contributed by atoms with Crippen LogP contribution in [0.3, 0.4) is 0 Å². The van der Waals surface area contributed by atoms with Crippen molar-refractivity contribution in [1.29, 1.82) is 0 Å². The van der Waals surface area contributed by atoms with Crippen LogP contribution in [0.5, 0.6) is 0 Å². The SMILES string of the molecule is Cc1cc(C(=O)COC(=O)C2Cc3ccccc3CN2S(=O)(=O)c2ccccc2F)c(C)n1-c1ccccc1. The van der Waals surface area contributed by atoms with Crippen molar-refractivity contribution in [2.24, 2.45) is 0 Å². The van der Waals surface area contributed by atoms with Gasteiger partial charge in [-0.25, -0.2) is 12.8 Å². The van der Waals surface area contributed by atoms with E-state index in [4.69, 9.17) is 4.74 Å². The van der Waals surface area contributed by atoms with Crippen molar-refractivity contribution in [2.45, 2.75) is 37.8 Å². The molecule has 1 aromatic heterocycles. The number of ketones is 1. The molecule has 1 unspecified atom stereocenters. The van der Waals surface area contributed by atoms with Gasteiger partial charge in [0.2, 0.25) is 15.8 Å². The van der Waals surface area contributed by atoms with Gasteiger partial charge in [0.15, 0.2) is 6.61 Å². The molecule has 3 aromatic carbocycles. The highest BCUT2D eigenvalue weighted by molar-refractivity contribution is 7.89. The van der Waals surface area contributed by atoms with Gasteiger partial charge in [0, 0.05) is 35.6 Å². The molecule has 0 bridgehead atoms. The van der Waals surface area contributed by atoms with Crippen LogP contribution in [0.2, 0.25) is 0 Å².